The molecule has 0 spiro atoms. The lowest BCUT2D eigenvalue weighted by Gasteiger charge is -2.47. The maximum Gasteiger partial charge on any atom is 0.437 e. The number of hydrogen-bond donors (Lipinski definition) is 0. The molecule has 0 saturated carbocycles. The van der Waals surface area contributed by atoms with Crippen molar-refractivity contribution >= 4 is 11.8 Å². The molecule has 2 atom stereocenters. The van der Waals surface area contributed by atoms with E-state index in [-0.39, 0.29) is 16.5 Å². The third-order valence-electron chi connectivity index (χ3n) is 10.1. The molecular formula is C43H43F3N4O. The first-order valence-electron chi connectivity index (χ1n) is 17.2. The number of hydrogen-bond acceptors (Lipinski definition) is 5. The molecule has 0 N–H and O–H groups in total. The number of nitrogens with zero attached hydrogens (tertiary/aromatic N) is 4. The molecule has 5 rings (SSSR count). The van der Waals surface area contributed by atoms with Gasteiger partial charge in [-0.25, -0.2) is 0 Å². The van der Waals surface area contributed by atoms with E-state index in [2.05, 4.69) is 83.7 Å². The smallest absolute Gasteiger partial charge is 0.437 e. The third kappa shape index (κ3) is 6.91. The predicted octanol–water partition coefficient (Wildman–Crippen LogP) is 11.0. The summed E-state index contributed by atoms with van der Waals surface area (Å²) in [5, 5.41) is 29.1. The Balaban J connectivity index is 1.55. The molecular weight excluding hydrogens is 645 g/mol. The Hall–Kier alpha value is -5.26. The Labute approximate surface area is 299 Å². The van der Waals surface area contributed by atoms with E-state index in [1.54, 1.807) is 30.4 Å². The molecule has 0 amide bonds. The molecule has 0 aromatic heterocycles. The lowest BCUT2D eigenvalue weighted by atomic mass is 9.75. The number of fused-ring (bicyclic) bond motifs is 1. The number of nitriles is 3. The Morgan fingerprint density at radius 3 is 2.29 bits per heavy atom. The number of benzene rings is 2. The monoisotopic (exact) mass is 688 g/mol. The van der Waals surface area contributed by atoms with Crippen molar-refractivity contribution in [3.8, 4) is 18.2 Å². The molecule has 262 valence electrons. The molecule has 3 aliphatic rings. The average molecular weight is 689 g/mol. The number of anilines is 1. The topological polar surface area (TPSA) is 83.8 Å². The van der Waals surface area contributed by atoms with Crippen molar-refractivity contribution in [2.24, 2.45) is 5.41 Å². The standard InChI is InChI=1S/C43H43F3N4O/c1-8-50-38-19-28(2)32(21-35(38)29(3)22-41(50,6)7)18-17-31-20-30(23-40(4,5)24-31)13-12-16-37-36(27-49)39(33(25-47)26-48)51-42(37,43(44,45)46)34-14-10-9-11-15-34/h9-21,29H,8,22-24H2,1-7H3/b16-12+,18-17+,30-13-. The van der Waals surface area contributed by atoms with Crippen LogP contribution >= 0.6 is 0 Å². The van der Waals surface area contributed by atoms with Crippen LogP contribution in [-0.4, -0.2) is 18.3 Å². The summed E-state index contributed by atoms with van der Waals surface area (Å²) >= 11 is 0. The normalized spacial score (nSPS) is 23.5. The largest absolute Gasteiger partial charge is 0.465 e. The summed E-state index contributed by atoms with van der Waals surface area (Å²) in [4.78, 5) is 2.49. The lowest BCUT2D eigenvalue weighted by molar-refractivity contribution is -0.249. The van der Waals surface area contributed by atoms with Crippen LogP contribution in [0.3, 0.4) is 0 Å². The summed E-state index contributed by atoms with van der Waals surface area (Å²) in [5.74, 6) is -0.252. The van der Waals surface area contributed by atoms with Gasteiger partial charge in [-0.2, -0.15) is 29.0 Å². The zero-order chi connectivity index (χ0) is 37.4. The van der Waals surface area contributed by atoms with Crippen LogP contribution in [-0.2, 0) is 10.3 Å². The average Bonchev–Trinajstić information content (AvgIpc) is 3.39. The van der Waals surface area contributed by atoms with Gasteiger partial charge in [-0.05, 0) is 98.3 Å². The molecule has 2 aromatic rings. The quantitative estimate of drug-likeness (QED) is 0.282. The number of aryl methyl sites for hydroxylation is 1. The van der Waals surface area contributed by atoms with Gasteiger partial charge in [-0.3, -0.25) is 0 Å². The number of ether oxygens (including phenoxy) is 1. The van der Waals surface area contributed by atoms with E-state index in [0.717, 1.165) is 36.1 Å². The van der Waals surface area contributed by atoms with Crippen molar-refractivity contribution < 1.29 is 17.9 Å². The lowest BCUT2D eigenvalue weighted by Crippen LogP contribution is -2.48. The molecule has 0 fully saturated rings. The van der Waals surface area contributed by atoms with Gasteiger partial charge >= 0.3 is 6.18 Å². The second-order valence-electron chi connectivity index (χ2n) is 15.1. The molecule has 5 nitrogen and oxygen atoms in total. The van der Waals surface area contributed by atoms with E-state index >= 15 is 13.2 Å². The van der Waals surface area contributed by atoms with E-state index < -0.39 is 34.3 Å². The Morgan fingerprint density at radius 2 is 1.69 bits per heavy atom. The second-order valence-corrected chi connectivity index (χ2v) is 15.1. The molecule has 2 unspecified atom stereocenters. The van der Waals surface area contributed by atoms with Crippen LogP contribution in [0.4, 0.5) is 18.9 Å². The molecule has 0 bridgehead atoms. The van der Waals surface area contributed by atoms with Crippen LogP contribution in [0.25, 0.3) is 6.08 Å². The van der Waals surface area contributed by atoms with E-state index in [1.807, 2.05) is 0 Å². The van der Waals surface area contributed by atoms with Crippen LogP contribution in [0, 0.1) is 46.3 Å². The number of allylic oxidation sites excluding steroid dienone is 8. The first-order chi connectivity index (χ1) is 24.0. The van der Waals surface area contributed by atoms with E-state index in [1.165, 1.54) is 53.2 Å². The fourth-order valence-electron chi connectivity index (χ4n) is 8.05. The third-order valence-corrected chi connectivity index (χ3v) is 10.1. The molecule has 2 heterocycles. The first kappa shape index (κ1) is 37.0. The van der Waals surface area contributed by atoms with Gasteiger partial charge in [0.05, 0.1) is 0 Å². The van der Waals surface area contributed by atoms with Crippen molar-refractivity contribution in [3.05, 3.63) is 129 Å². The maximum atomic E-state index is 15.2. The summed E-state index contributed by atoms with van der Waals surface area (Å²) in [7, 11) is 0. The minimum Gasteiger partial charge on any atom is -0.465 e. The van der Waals surface area contributed by atoms with Crippen LogP contribution in [0.5, 0.6) is 0 Å². The Morgan fingerprint density at radius 1 is 1.00 bits per heavy atom. The van der Waals surface area contributed by atoms with Crippen molar-refractivity contribution in [2.45, 2.75) is 91.0 Å². The first-order valence-corrected chi connectivity index (χ1v) is 17.2. The predicted molar refractivity (Wildman–Crippen MR) is 195 cm³/mol. The summed E-state index contributed by atoms with van der Waals surface area (Å²) in [6, 6.07) is 16.5. The van der Waals surface area contributed by atoms with Crippen LogP contribution in [0.1, 0.15) is 89.0 Å². The van der Waals surface area contributed by atoms with Crippen LogP contribution in [0.2, 0.25) is 0 Å². The molecule has 0 radical (unpaired) electrons. The highest BCUT2D eigenvalue weighted by atomic mass is 19.4. The summed E-state index contributed by atoms with van der Waals surface area (Å²) in [6.45, 7) is 16.5. The zero-order valence-electron chi connectivity index (χ0n) is 30.2. The molecule has 2 aromatic carbocycles. The number of alkyl halides is 3. The molecule has 1 aliphatic carbocycles. The van der Waals surface area contributed by atoms with Gasteiger partial charge in [0.1, 0.15) is 23.8 Å². The minimum atomic E-state index is -5.04. The number of halogens is 3. The Kier molecular flexibility index (Phi) is 10.0. The summed E-state index contributed by atoms with van der Waals surface area (Å²) < 4.78 is 51.0. The fourth-order valence-corrected chi connectivity index (χ4v) is 8.05. The van der Waals surface area contributed by atoms with Crippen molar-refractivity contribution in [1.29, 1.82) is 15.8 Å². The van der Waals surface area contributed by atoms with E-state index in [4.69, 9.17) is 4.74 Å². The highest BCUT2D eigenvalue weighted by molar-refractivity contribution is 5.69. The van der Waals surface area contributed by atoms with Crippen molar-refractivity contribution in [3.63, 3.8) is 0 Å². The SMILES string of the molecule is CCN1c2cc(C)c(/C=C/C3=CC(=C/C=C/C4=C(C#N)C(=C(C#N)C#N)OC4(c4ccccc4)C(F)(F)F)/CC(C)(C)C3)cc2C(C)CC1(C)C. The maximum absolute atomic E-state index is 15.2. The van der Waals surface area contributed by atoms with Crippen molar-refractivity contribution in [1.82, 2.24) is 0 Å². The summed E-state index contributed by atoms with van der Waals surface area (Å²) in [5.41, 5.74) is 1.93. The van der Waals surface area contributed by atoms with Gasteiger partial charge in [0, 0.05) is 28.9 Å². The zero-order valence-corrected chi connectivity index (χ0v) is 30.2. The summed E-state index contributed by atoms with van der Waals surface area (Å²) in [6.07, 6.45) is 8.38. The fraction of sp³-hybridized carbons (Fsp3) is 0.372. The minimum absolute atomic E-state index is 0.0864. The van der Waals surface area contributed by atoms with Crippen LogP contribution in [0.15, 0.2) is 106 Å². The van der Waals surface area contributed by atoms with Gasteiger partial charge < -0.3 is 9.64 Å². The molecule has 0 saturated heterocycles. The van der Waals surface area contributed by atoms with Gasteiger partial charge in [-0.1, -0.05) is 87.6 Å². The van der Waals surface area contributed by atoms with E-state index in [9.17, 15) is 15.8 Å². The molecule has 51 heavy (non-hydrogen) atoms. The molecule has 8 heteroatoms. The van der Waals surface area contributed by atoms with Gasteiger partial charge in [-0.15, -0.1) is 0 Å². The van der Waals surface area contributed by atoms with Gasteiger partial charge in [0.15, 0.2) is 11.3 Å². The van der Waals surface area contributed by atoms with E-state index in [0.29, 0.717) is 12.3 Å². The van der Waals surface area contributed by atoms with Gasteiger partial charge in [0.2, 0.25) is 0 Å². The highest BCUT2D eigenvalue weighted by Gasteiger charge is 2.65. The Bertz CT molecular complexity index is 2020. The van der Waals surface area contributed by atoms with Crippen LogP contribution < -0.4 is 4.90 Å². The molecule has 2 aliphatic heterocycles. The van der Waals surface area contributed by atoms with Gasteiger partial charge in [0.25, 0.3) is 5.60 Å². The second kappa shape index (κ2) is 13.8. The highest BCUT2D eigenvalue weighted by Crippen LogP contribution is 2.56. The van der Waals surface area contributed by atoms with Crippen molar-refractivity contribution in [2.75, 3.05) is 11.4 Å². The number of rotatable bonds is 6.